The lowest BCUT2D eigenvalue weighted by atomic mass is 9.79. The van der Waals surface area contributed by atoms with Gasteiger partial charge in [-0.2, -0.15) is 0 Å². The molecule has 18 heavy (non-hydrogen) atoms. The maximum absolute atomic E-state index is 10.2. The van der Waals surface area contributed by atoms with Gasteiger partial charge in [0.15, 0.2) is 0 Å². The first-order valence-electron chi connectivity index (χ1n) is 7.46. The van der Waals surface area contributed by atoms with Crippen LogP contribution in [-0.2, 0) is 6.42 Å². The zero-order chi connectivity index (χ0) is 13.0. The van der Waals surface area contributed by atoms with Gasteiger partial charge < -0.3 is 5.11 Å². The number of aryl methyl sites for hydroxylation is 1. The molecule has 1 aliphatic carbocycles. The average molecular weight is 246 g/mol. The molecule has 0 radical (unpaired) electrons. The van der Waals surface area contributed by atoms with E-state index in [1.165, 1.54) is 30.4 Å². The monoisotopic (exact) mass is 246 g/mol. The first-order chi connectivity index (χ1) is 8.70. The lowest BCUT2D eigenvalue weighted by Gasteiger charge is -2.28. The van der Waals surface area contributed by atoms with Gasteiger partial charge in [-0.1, -0.05) is 44.5 Å². The van der Waals surface area contributed by atoms with Crippen LogP contribution in [-0.4, -0.2) is 11.2 Å². The molecular weight excluding hydrogens is 220 g/mol. The maximum Gasteiger partial charge on any atom is 0.0548 e. The number of aliphatic hydroxyl groups excluding tert-OH is 1. The van der Waals surface area contributed by atoms with Crippen molar-refractivity contribution in [2.45, 2.75) is 64.4 Å². The minimum Gasteiger partial charge on any atom is -0.393 e. The number of fused-ring (bicyclic) bond motifs is 1. The summed E-state index contributed by atoms with van der Waals surface area (Å²) < 4.78 is 0. The number of benzene rings is 1. The molecule has 3 atom stereocenters. The molecule has 0 bridgehead atoms. The quantitative estimate of drug-likeness (QED) is 0.821. The van der Waals surface area contributed by atoms with Crippen molar-refractivity contribution in [2.75, 3.05) is 0 Å². The van der Waals surface area contributed by atoms with Crippen molar-refractivity contribution in [3.8, 4) is 0 Å². The molecule has 2 rings (SSSR count). The van der Waals surface area contributed by atoms with Gasteiger partial charge in [0, 0.05) is 0 Å². The molecule has 0 saturated carbocycles. The Kier molecular flexibility index (Phi) is 4.82. The van der Waals surface area contributed by atoms with Crippen LogP contribution in [0.3, 0.4) is 0 Å². The fraction of sp³-hybridized carbons (Fsp3) is 0.647. The molecular formula is C17H26O. The van der Waals surface area contributed by atoms with Crippen LogP contribution in [0, 0.1) is 5.92 Å². The van der Waals surface area contributed by atoms with Crippen LogP contribution in [0.1, 0.15) is 63.0 Å². The summed E-state index contributed by atoms with van der Waals surface area (Å²) in [4.78, 5) is 0. The predicted molar refractivity (Wildman–Crippen MR) is 76.8 cm³/mol. The van der Waals surface area contributed by atoms with Gasteiger partial charge in [0.05, 0.1) is 6.10 Å². The molecule has 1 aliphatic rings. The third kappa shape index (κ3) is 3.35. The summed E-state index contributed by atoms with van der Waals surface area (Å²) in [5, 5.41) is 10.2. The van der Waals surface area contributed by atoms with Crippen molar-refractivity contribution < 1.29 is 5.11 Å². The van der Waals surface area contributed by atoms with Gasteiger partial charge in [-0.05, 0) is 55.1 Å². The van der Waals surface area contributed by atoms with Gasteiger partial charge >= 0.3 is 0 Å². The minimum atomic E-state index is -0.129. The van der Waals surface area contributed by atoms with Gasteiger partial charge in [-0.3, -0.25) is 0 Å². The standard InChI is InChI=1S/C17H26O/c1-3-13(2)11-16(18)12-15-9-6-8-14-7-4-5-10-17(14)15/h4-5,7,10,13,15-16,18H,3,6,8-9,11-12H2,1-2H3. The summed E-state index contributed by atoms with van der Waals surface area (Å²) in [6, 6.07) is 8.78. The molecule has 1 nitrogen and oxygen atoms in total. The molecule has 1 aromatic rings. The second-order valence-electron chi connectivity index (χ2n) is 5.93. The SMILES string of the molecule is CCC(C)CC(O)CC1CCCc2ccccc21. The van der Waals surface area contributed by atoms with Gasteiger partial charge in [-0.25, -0.2) is 0 Å². The summed E-state index contributed by atoms with van der Waals surface area (Å²) in [5.74, 6) is 1.22. The van der Waals surface area contributed by atoms with E-state index in [9.17, 15) is 5.11 Å². The second kappa shape index (κ2) is 6.38. The predicted octanol–water partition coefficient (Wildman–Crippen LogP) is 4.29. The Morgan fingerprint density at radius 3 is 2.89 bits per heavy atom. The van der Waals surface area contributed by atoms with E-state index in [1.807, 2.05) is 0 Å². The van der Waals surface area contributed by atoms with Crippen molar-refractivity contribution in [2.24, 2.45) is 5.92 Å². The topological polar surface area (TPSA) is 20.2 Å². The van der Waals surface area contributed by atoms with Gasteiger partial charge in [-0.15, -0.1) is 0 Å². The summed E-state index contributed by atoms with van der Waals surface area (Å²) in [5.41, 5.74) is 3.00. The van der Waals surface area contributed by atoms with E-state index in [0.29, 0.717) is 11.8 Å². The summed E-state index contributed by atoms with van der Waals surface area (Å²) in [7, 11) is 0. The van der Waals surface area contributed by atoms with Crippen molar-refractivity contribution in [1.29, 1.82) is 0 Å². The molecule has 1 heteroatoms. The smallest absolute Gasteiger partial charge is 0.0548 e. The summed E-state index contributed by atoms with van der Waals surface area (Å²) in [6.45, 7) is 4.44. The van der Waals surface area contributed by atoms with Crippen LogP contribution in [0.4, 0.5) is 0 Å². The fourth-order valence-electron chi connectivity index (χ4n) is 3.16. The molecule has 0 fully saturated rings. The zero-order valence-corrected chi connectivity index (χ0v) is 11.7. The largest absolute Gasteiger partial charge is 0.393 e. The first kappa shape index (κ1) is 13.6. The van der Waals surface area contributed by atoms with Gasteiger partial charge in [0.25, 0.3) is 0 Å². The molecule has 0 amide bonds. The van der Waals surface area contributed by atoms with Crippen LogP contribution in [0.2, 0.25) is 0 Å². The van der Waals surface area contributed by atoms with E-state index < -0.39 is 0 Å². The van der Waals surface area contributed by atoms with E-state index >= 15 is 0 Å². The third-order valence-corrected chi connectivity index (χ3v) is 4.42. The van der Waals surface area contributed by atoms with Crippen LogP contribution >= 0.6 is 0 Å². The summed E-state index contributed by atoms with van der Waals surface area (Å²) in [6.07, 6.45) is 6.67. The molecule has 0 aromatic heterocycles. The van der Waals surface area contributed by atoms with Crippen LogP contribution < -0.4 is 0 Å². The van der Waals surface area contributed by atoms with E-state index in [2.05, 4.69) is 38.1 Å². The van der Waals surface area contributed by atoms with E-state index in [4.69, 9.17) is 0 Å². The third-order valence-electron chi connectivity index (χ3n) is 4.42. The second-order valence-corrected chi connectivity index (χ2v) is 5.93. The highest BCUT2D eigenvalue weighted by Gasteiger charge is 2.22. The Morgan fingerprint density at radius 2 is 2.11 bits per heavy atom. The van der Waals surface area contributed by atoms with Crippen LogP contribution in [0.5, 0.6) is 0 Å². The molecule has 100 valence electrons. The molecule has 1 N–H and O–H groups in total. The first-order valence-corrected chi connectivity index (χ1v) is 7.46. The molecule has 0 spiro atoms. The Balaban J connectivity index is 1.98. The number of hydrogen-bond acceptors (Lipinski definition) is 1. The number of aliphatic hydroxyl groups is 1. The Hall–Kier alpha value is -0.820. The highest BCUT2D eigenvalue weighted by molar-refractivity contribution is 5.32. The van der Waals surface area contributed by atoms with E-state index in [-0.39, 0.29) is 6.10 Å². The van der Waals surface area contributed by atoms with Crippen molar-refractivity contribution in [3.63, 3.8) is 0 Å². The van der Waals surface area contributed by atoms with Crippen LogP contribution in [0.15, 0.2) is 24.3 Å². The normalized spacial score (nSPS) is 22.3. The summed E-state index contributed by atoms with van der Waals surface area (Å²) >= 11 is 0. The Labute approximate surface area is 111 Å². The molecule has 0 aliphatic heterocycles. The van der Waals surface area contributed by atoms with Gasteiger partial charge in [0.2, 0.25) is 0 Å². The van der Waals surface area contributed by atoms with Crippen molar-refractivity contribution in [1.82, 2.24) is 0 Å². The average Bonchev–Trinajstić information content (AvgIpc) is 2.39. The molecule has 3 unspecified atom stereocenters. The van der Waals surface area contributed by atoms with Crippen LogP contribution in [0.25, 0.3) is 0 Å². The zero-order valence-electron chi connectivity index (χ0n) is 11.7. The Morgan fingerprint density at radius 1 is 1.33 bits per heavy atom. The number of hydrogen-bond donors (Lipinski definition) is 1. The number of rotatable bonds is 5. The fourth-order valence-corrected chi connectivity index (χ4v) is 3.16. The van der Waals surface area contributed by atoms with E-state index in [0.717, 1.165) is 19.3 Å². The lowest BCUT2D eigenvalue weighted by molar-refractivity contribution is 0.124. The van der Waals surface area contributed by atoms with E-state index in [1.54, 1.807) is 0 Å². The minimum absolute atomic E-state index is 0.129. The van der Waals surface area contributed by atoms with Crippen molar-refractivity contribution >= 4 is 0 Å². The molecule has 0 heterocycles. The molecule has 1 aromatic carbocycles. The highest BCUT2D eigenvalue weighted by atomic mass is 16.3. The van der Waals surface area contributed by atoms with Crippen molar-refractivity contribution in [3.05, 3.63) is 35.4 Å². The Bertz CT molecular complexity index is 372. The highest BCUT2D eigenvalue weighted by Crippen LogP contribution is 2.35. The molecule has 0 saturated heterocycles. The lowest BCUT2D eigenvalue weighted by Crippen LogP contribution is -2.18. The maximum atomic E-state index is 10.2. The van der Waals surface area contributed by atoms with Gasteiger partial charge in [0.1, 0.15) is 0 Å².